The van der Waals surface area contributed by atoms with Gasteiger partial charge in [0.05, 0.1) is 30.2 Å². The van der Waals surface area contributed by atoms with E-state index in [9.17, 15) is 26.4 Å². The molecule has 13 heteroatoms. The Hall–Kier alpha value is -5.17. The molecule has 45 heavy (non-hydrogen) atoms. The quantitative estimate of drug-likeness (QED) is 0.211. The maximum atomic E-state index is 14.5. The maximum Gasteiger partial charge on any atom is 0.255 e. The Morgan fingerprint density at radius 2 is 1.67 bits per heavy atom. The number of ether oxygens (including phenoxy) is 2. The molecule has 2 heterocycles. The van der Waals surface area contributed by atoms with E-state index in [-0.39, 0.29) is 34.0 Å². The molecule has 1 amide bonds. The summed E-state index contributed by atoms with van der Waals surface area (Å²) < 4.78 is 86.7. The van der Waals surface area contributed by atoms with E-state index in [1.54, 1.807) is 24.3 Å². The van der Waals surface area contributed by atoms with E-state index in [4.69, 9.17) is 13.9 Å². The first-order valence-corrected chi connectivity index (χ1v) is 15.4. The van der Waals surface area contributed by atoms with Crippen molar-refractivity contribution in [2.45, 2.75) is 6.23 Å². The molecule has 6 rings (SSSR count). The van der Waals surface area contributed by atoms with Crippen LogP contribution in [0.25, 0.3) is 33.4 Å². The van der Waals surface area contributed by atoms with Crippen LogP contribution in [-0.4, -0.2) is 41.8 Å². The van der Waals surface area contributed by atoms with Crippen molar-refractivity contribution < 1.29 is 40.3 Å². The van der Waals surface area contributed by atoms with Crippen LogP contribution in [0.1, 0.15) is 22.1 Å². The zero-order valence-corrected chi connectivity index (χ0v) is 25.2. The van der Waals surface area contributed by atoms with Gasteiger partial charge in [-0.25, -0.2) is 21.6 Å². The van der Waals surface area contributed by atoms with Gasteiger partial charge in [0.2, 0.25) is 16.3 Å². The van der Waals surface area contributed by atoms with Crippen molar-refractivity contribution in [2.75, 3.05) is 37.1 Å². The van der Waals surface area contributed by atoms with Crippen molar-refractivity contribution >= 4 is 38.3 Å². The summed E-state index contributed by atoms with van der Waals surface area (Å²) in [6.45, 7) is 0. The van der Waals surface area contributed by atoms with Gasteiger partial charge in [0.15, 0.2) is 11.6 Å². The van der Waals surface area contributed by atoms with Crippen molar-refractivity contribution in [2.24, 2.45) is 0 Å². The molecular weight excluding hydrogens is 611 g/mol. The molecule has 1 atom stereocenters. The number of methoxy groups -OCH3 is 1. The van der Waals surface area contributed by atoms with Crippen LogP contribution in [0.5, 0.6) is 11.5 Å². The van der Waals surface area contributed by atoms with E-state index in [0.29, 0.717) is 33.4 Å². The van der Waals surface area contributed by atoms with E-state index in [2.05, 4.69) is 10.6 Å². The number of sulfonamides is 1. The summed E-state index contributed by atoms with van der Waals surface area (Å²) in [5, 5.41) is 5.80. The number of carbonyl (C=O) groups excluding carboxylic acids is 1. The first-order chi connectivity index (χ1) is 21.4. The van der Waals surface area contributed by atoms with E-state index >= 15 is 0 Å². The van der Waals surface area contributed by atoms with Gasteiger partial charge >= 0.3 is 0 Å². The number of rotatable bonds is 7. The van der Waals surface area contributed by atoms with Crippen LogP contribution in [0.15, 0.2) is 71.1 Å². The Morgan fingerprint density at radius 1 is 0.978 bits per heavy atom. The number of fused-ring (bicyclic) bond motifs is 2. The summed E-state index contributed by atoms with van der Waals surface area (Å²) in [6, 6.07) is 15.4. The van der Waals surface area contributed by atoms with Crippen molar-refractivity contribution in [3.63, 3.8) is 0 Å². The van der Waals surface area contributed by atoms with Crippen molar-refractivity contribution in [1.29, 1.82) is 0 Å². The molecule has 0 saturated carbocycles. The fraction of sp³-hybridized carbons (Fsp3) is 0.156. The van der Waals surface area contributed by atoms with Gasteiger partial charge in [-0.15, -0.1) is 0 Å². The second kappa shape index (κ2) is 11.1. The lowest BCUT2D eigenvalue weighted by Gasteiger charge is -2.22. The minimum Gasteiger partial charge on any atom is -0.496 e. The minimum absolute atomic E-state index is 0.145. The summed E-state index contributed by atoms with van der Waals surface area (Å²) in [5.41, 5.74) is 2.07. The third kappa shape index (κ3) is 5.18. The number of halogens is 3. The first kappa shape index (κ1) is 29.9. The van der Waals surface area contributed by atoms with Crippen LogP contribution in [0, 0.1) is 17.5 Å². The summed E-state index contributed by atoms with van der Waals surface area (Å²) in [6.07, 6.45) is -0.0134. The van der Waals surface area contributed by atoms with E-state index in [1.165, 1.54) is 51.5 Å². The van der Waals surface area contributed by atoms with E-state index in [1.807, 2.05) is 0 Å². The van der Waals surface area contributed by atoms with Gasteiger partial charge in [-0.3, -0.25) is 9.10 Å². The lowest BCUT2D eigenvalue weighted by atomic mass is 9.96. The molecule has 232 valence electrons. The highest BCUT2D eigenvalue weighted by molar-refractivity contribution is 7.92. The Labute approximate surface area is 256 Å². The Balaban J connectivity index is 1.58. The number of amides is 1. The van der Waals surface area contributed by atoms with Gasteiger partial charge in [0, 0.05) is 36.7 Å². The highest BCUT2D eigenvalue weighted by Crippen LogP contribution is 2.46. The van der Waals surface area contributed by atoms with Gasteiger partial charge in [0.25, 0.3) is 5.91 Å². The lowest BCUT2D eigenvalue weighted by Crippen LogP contribution is -2.25. The molecule has 0 saturated heterocycles. The smallest absolute Gasteiger partial charge is 0.255 e. The molecule has 2 N–H and O–H groups in total. The molecular formula is C32H26F3N3O6S. The number of hydrogen-bond acceptors (Lipinski definition) is 7. The average molecular weight is 638 g/mol. The Morgan fingerprint density at radius 3 is 2.31 bits per heavy atom. The fourth-order valence-electron chi connectivity index (χ4n) is 5.27. The zero-order chi connectivity index (χ0) is 32.2. The lowest BCUT2D eigenvalue weighted by molar-refractivity contribution is 0.0964. The number of hydrogen-bond donors (Lipinski definition) is 2. The van der Waals surface area contributed by atoms with Gasteiger partial charge in [-0.1, -0.05) is 6.07 Å². The summed E-state index contributed by atoms with van der Waals surface area (Å²) >= 11 is 0. The fourth-order valence-corrected chi connectivity index (χ4v) is 5.78. The largest absolute Gasteiger partial charge is 0.496 e. The number of benzene rings is 4. The summed E-state index contributed by atoms with van der Waals surface area (Å²) in [4.78, 5) is 13.2. The van der Waals surface area contributed by atoms with Crippen molar-refractivity contribution in [3.05, 3.63) is 95.3 Å². The monoisotopic (exact) mass is 637 g/mol. The molecule has 0 aliphatic carbocycles. The average Bonchev–Trinajstić information content (AvgIpc) is 3.64. The molecule has 1 aliphatic heterocycles. The second-order valence-electron chi connectivity index (χ2n) is 10.3. The van der Waals surface area contributed by atoms with Gasteiger partial charge in [-0.2, -0.15) is 0 Å². The number of anilines is 2. The molecule has 4 aromatic carbocycles. The number of nitrogens with one attached hydrogen (secondary N) is 2. The topological polar surface area (TPSA) is 110 Å². The Kier molecular flexibility index (Phi) is 7.36. The van der Waals surface area contributed by atoms with Crippen LogP contribution in [0.4, 0.5) is 24.5 Å². The number of nitrogens with zero attached hydrogens (tertiary/aromatic N) is 1. The standard InChI is InChI=1S/C32H26F3N3O6S/c1-36-31(39)27-20-14-19(24(38(2)45(4,40)41)15-26(20)43-29(27)16-5-8-18(33)9-6-16)17-7-12-25(42-3)21(13-17)32-37-28-22(34)10-11-23(35)30(28)44-32/h5-15,32,37H,1-4H3,(H,36,39). The Bertz CT molecular complexity index is 2070. The SMILES string of the molecule is CNC(=O)c1c(-c2ccc(F)cc2)oc2cc(N(C)S(C)(=O)=O)c(-c3ccc(OC)c(C4Nc5c(F)ccc(F)c5O4)c3)cc12. The normalized spacial score (nSPS) is 14.1. The van der Waals surface area contributed by atoms with Crippen LogP contribution in [0.3, 0.4) is 0 Å². The first-order valence-electron chi connectivity index (χ1n) is 13.5. The molecule has 0 radical (unpaired) electrons. The number of furan rings is 1. The highest BCUT2D eigenvalue weighted by Gasteiger charge is 2.32. The van der Waals surface area contributed by atoms with Crippen LogP contribution < -0.4 is 24.4 Å². The second-order valence-corrected chi connectivity index (χ2v) is 12.3. The van der Waals surface area contributed by atoms with Crippen LogP contribution in [-0.2, 0) is 10.0 Å². The van der Waals surface area contributed by atoms with E-state index < -0.39 is 39.6 Å². The zero-order valence-electron chi connectivity index (χ0n) is 24.4. The van der Waals surface area contributed by atoms with E-state index in [0.717, 1.165) is 22.7 Å². The summed E-state index contributed by atoms with van der Waals surface area (Å²) in [5.74, 6) is -2.20. The summed E-state index contributed by atoms with van der Waals surface area (Å²) in [7, 11) is 0.458. The minimum atomic E-state index is -3.80. The molecule has 9 nitrogen and oxygen atoms in total. The van der Waals surface area contributed by atoms with Crippen LogP contribution >= 0.6 is 0 Å². The molecule has 0 fully saturated rings. The number of carbonyl (C=O) groups is 1. The third-order valence-electron chi connectivity index (χ3n) is 7.60. The third-order valence-corrected chi connectivity index (χ3v) is 8.79. The van der Waals surface area contributed by atoms with Crippen molar-refractivity contribution in [3.8, 4) is 33.9 Å². The maximum absolute atomic E-state index is 14.5. The predicted molar refractivity (Wildman–Crippen MR) is 164 cm³/mol. The highest BCUT2D eigenvalue weighted by atomic mass is 32.2. The molecule has 5 aromatic rings. The van der Waals surface area contributed by atoms with Crippen molar-refractivity contribution in [1.82, 2.24) is 5.32 Å². The van der Waals surface area contributed by atoms with Crippen LogP contribution in [0.2, 0.25) is 0 Å². The molecule has 1 aromatic heterocycles. The van der Waals surface area contributed by atoms with Gasteiger partial charge < -0.3 is 24.5 Å². The molecule has 1 aliphatic rings. The predicted octanol–water partition coefficient (Wildman–Crippen LogP) is 6.45. The molecule has 1 unspecified atom stereocenters. The van der Waals surface area contributed by atoms with Gasteiger partial charge in [0.1, 0.15) is 34.4 Å². The van der Waals surface area contributed by atoms with Gasteiger partial charge in [-0.05, 0) is 60.2 Å². The molecule has 0 spiro atoms. The molecule has 0 bridgehead atoms.